The first-order chi connectivity index (χ1) is 11.1. The molecule has 120 valence electrons. The number of hydrogen-bond donors (Lipinski definition) is 1. The quantitative estimate of drug-likeness (QED) is 0.421. The summed E-state index contributed by atoms with van der Waals surface area (Å²) in [6, 6.07) is 10.9. The Labute approximate surface area is 152 Å². The Morgan fingerprint density at radius 2 is 1.96 bits per heavy atom. The SMILES string of the molecule is CCOC(=O)CSc1ccc(C(=O)Nc2ccc(I)cc2)cn1. The van der Waals surface area contributed by atoms with Crippen molar-refractivity contribution in [3.8, 4) is 0 Å². The minimum absolute atomic E-state index is 0.203. The van der Waals surface area contributed by atoms with Gasteiger partial charge in [0.25, 0.3) is 5.91 Å². The van der Waals surface area contributed by atoms with Crippen LogP contribution >= 0.6 is 34.4 Å². The fourth-order valence-corrected chi connectivity index (χ4v) is 2.67. The molecule has 1 N–H and O–H groups in total. The van der Waals surface area contributed by atoms with Gasteiger partial charge < -0.3 is 10.1 Å². The van der Waals surface area contributed by atoms with Crippen molar-refractivity contribution in [1.29, 1.82) is 0 Å². The van der Waals surface area contributed by atoms with Gasteiger partial charge in [-0.25, -0.2) is 4.98 Å². The maximum atomic E-state index is 12.1. The molecule has 1 aromatic carbocycles. The van der Waals surface area contributed by atoms with Gasteiger partial charge in [-0.3, -0.25) is 9.59 Å². The van der Waals surface area contributed by atoms with Gasteiger partial charge in [-0.15, -0.1) is 0 Å². The lowest BCUT2D eigenvalue weighted by atomic mass is 10.2. The zero-order chi connectivity index (χ0) is 16.7. The van der Waals surface area contributed by atoms with Gasteiger partial charge in [0.15, 0.2) is 0 Å². The van der Waals surface area contributed by atoms with Gasteiger partial charge >= 0.3 is 5.97 Å². The standard InChI is InChI=1S/C16H15IN2O3S/c1-2-22-15(20)10-23-14-8-3-11(9-18-14)16(21)19-13-6-4-12(17)5-7-13/h3-9H,2,10H2,1H3,(H,19,21). The molecule has 0 bridgehead atoms. The highest BCUT2D eigenvalue weighted by Crippen LogP contribution is 2.17. The minimum atomic E-state index is -0.278. The van der Waals surface area contributed by atoms with Crippen molar-refractivity contribution in [3.05, 3.63) is 51.7 Å². The molecule has 0 aliphatic rings. The van der Waals surface area contributed by atoms with Crippen molar-refractivity contribution in [2.75, 3.05) is 17.7 Å². The average molecular weight is 442 g/mol. The van der Waals surface area contributed by atoms with Crippen LogP contribution in [0.4, 0.5) is 5.69 Å². The van der Waals surface area contributed by atoms with E-state index < -0.39 is 0 Å². The number of benzene rings is 1. The molecule has 7 heteroatoms. The number of ether oxygens (including phenoxy) is 1. The molecule has 0 saturated heterocycles. The maximum absolute atomic E-state index is 12.1. The predicted octanol–water partition coefficient (Wildman–Crippen LogP) is 3.59. The van der Waals surface area contributed by atoms with Crippen LogP contribution in [-0.4, -0.2) is 29.2 Å². The molecular formula is C16H15IN2O3S. The second-order valence-electron chi connectivity index (χ2n) is 4.44. The molecular weight excluding hydrogens is 427 g/mol. The highest BCUT2D eigenvalue weighted by molar-refractivity contribution is 14.1. The Bertz CT molecular complexity index is 675. The second-order valence-corrected chi connectivity index (χ2v) is 6.68. The van der Waals surface area contributed by atoms with E-state index in [2.05, 4.69) is 32.9 Å². The van der Waals surface area contributed by atoms with Gasteiger partial charge in [-0.2, -0.15) is 0 Å². The summed E-state index contributed by atoms with van der Waals surface area (Å²) in [4.78, 5) is 27.6. The van der Waals surface area contributed by atoms with Crippen LogP contribution in [0.5, 0.6) is 0 Å². The Hall–Kier alpha value is -1.61. The first-order valence-corrected chi connectivity index (χ1v) is 8.96. The number of rotatable bonds is 6. The van der Waals surface area contributed by atoms with Gasteiger partial charge in [0, 0.05) is 15.5 Å². The summed E-state index contributed by atoms with van der Waals surface area (Å²) >= 11 is 3.48. The van der Waals surface area contributed by atoms with Crippen LogP contribution in [0.15, 0.2) is 47.6 Å². The molecule has 0 fully saturated rings. The van der Waals surface area contributed by atoms with E-state index in [4.69, 9.17) is 4.74 Å². The Balaban J connectivity index is 1.92. The number of nitrogens with zero attached hydrogens (tertiary/aromatic N) is 1. The summed E-state index contributed by atoms with van der Waals surface area (Å²) in [7, 11) is 0. The molecule has 2 aromatic rings. The topological polar surface area (TPSA) is 68.3 Å². The zero-order valence-electron chi connectivity index (χ0n) is 12.4. The van der Waals surface area contributed by atoms with E-state index in [1.54, 1.807) is 19.1 Å². The molecule has 23 heavy (non-hydrogen) atoms. The second kappa shape index (κ2) is 8.88. The number of carbonyl (C=O) groups excluding carboxylic acids is 2. The molecule has 1 aromatic heterocycles. The van der Waals surface area contributed by atoms with Crippen LogP contribution in [0.25, 0.3) is 0 Å². The summed E-state index contributed by atoms with van der Waals surface area (Å²) in [6.45, 7) is 2.13. The number of amides is 1. The normalized spacial score (nSPS) is 10.2. The summed E-state index contributed by atoms with van der Waals surface area (Å²) in [6.07, 6.45) is 1.50. The number of aromatic nitrogens is 1. The number of halogens is 1. The van der Waals surface area contributed by atoms with Crippen molar-refractivity contribution < 1.29 is 14.3 Å². The predicted molar refractivity (Wildman–Crippen MR) is 98.7 cm³/mol. The first kappa shape index (κ1) is 17.7. The van der Waals surface area contributed by atoms with Crippen LogP contribution < -0.4 is 5.32 Å². The first-order valence-electron chi connectivity index (χ1n) is 6.90. The molecule has 0 spiro atoms. The minimum Gasteiger partial charge on any atom is -0.465 e. The number of nitrogens with one attached hydrogen (secondary N) is 1. The molecule has 1 heterocycles. The Morgan fingerprint density at radius 1 is 1.22 bits per heavy atom. The van der Waals surface area contributed by atoms with Gasteiger partial charge in [0.1, 0.15) is 0 Å². The van der Waals surface area contributed by atoms with Gasteiger partial charge in [-0.05, 0) is 65.9 Å². The summed E-state index contributed by atoms with van der Waals surface area (Å²) in [5.74, 6) is -0.296. The van der Waals surface area contributed by atoms with E-state index >= 15 is 0 Å². The third-order valence-corrected chi connectivity index (χ3v) is 4.38. The zero-order valence-corrected chi connectivity index (χ0v) is 15.4. The van der Waals surface area contributed by atoms with Crippen molar-refractivity contribution in [1.82, 2.24) is 4.98 Å². The number of thioether (sulfide) groups is 1. The van der Waals surface area contributed by atoms with Crippen LogP contribution in [0.2, 0.25) is 0 Å². The van der Waals surface area contributed by atoms with Crippen LogP contribution in [-0.2, 0) is 9.53 Å². The molecule has 0 radical (unpaired) electrons. The van der Waals surface area contributed by atoms with Crippen LogP contribution in [0.3, 0.4) is 0 Å². The summed E-state index contributed by atoms with van der Waals surface area (Å²) in [5.41, 5.74) is 1.19. The molecule has 0 aliphatic heterocycles. The van der Waals surface area contributed by atoms with E-state index in [9.17, 15) is 9.59 Å². The molecule has 0 atom stereocenters. The smallest absolute Gasteiger partial charge is 0.316 e. The van der Waals surface area contributed by atoms with Crippen molar-refractivity contribution in [2.24, 2.45) is 0 Å². The number of esters is 1. The van der Waals surface area contributed by atoms with Gasteiger partial charge in [0.05, 0.1) is 22.9 Å². The summed E-state index contributed by atoms with van der Waals surface area (Å²) < 4.78 is 5.95. The lowest BCUT2D eigenvalue weighted by Crippen LogP contribution is -2.12. The third-order valence-electron chi connectivity index (χ3n) is 2.74. The molecule has 1 amide bonds. The van der Waals surface area contributed by atoms with Crippen molar-refractivity contribution in [3.63, 3.8) is 0 Å². The number of anilines is 1. The lowest BCUT2D eigenvalue weighted by Gasteiger charge is -2.06. The van der Waals surface area contributed by atoms with Crippen molar-refractivity contribution in [2.45, 2.75) is 11.9 Å². The highest BCUT2D eigenvalue weighted by atomic mass is 127. The number of hydrogen-bond acceptors (Lipinski definition) is 5. The molecule has 0 unspecified atom stereocenters. The Morgan fingerprint density at radius 3 is 2.57 bits per heavy atom. The van der Waals surface area contributed by atoms with Crippen LogP contribution in [0.1, 0.15) is 17.3 Å². The number of pyridine rings is 1. The maximum Gasteiger partial charge on any atom is 0.316 e. The fourth-order valence-electron chi connectivity index (χ4n) is 1.67. The Kier molecular flexibility index (Phi) is 6.85. The molecule has 2 rings (SSSR count). The largest absolute Gasteiger partial charge is 0.465 e. The molecule has 0 saturated carbocycles. The van der Waals surface area contributed by atoms with E-state index in [1.165, 1.54) is 18.0 Å². The van der Waals surface area contributed by atoms with Gasteiger partial charge in [0.2, 0.25) is 0 Å². The van der Waals surface area contributed by atoms with Gasteiger partial charge in [-0.1, -0.05) is 11.8 Å². The molecule has 0 aliphatic carbocycles. The van der Waals surface area contributed by atoms with E-state index in [1.807, 2.05) is 24.3 Å². The fraction of sp³-hybridized carbons (Fsp3) is 0.188. The molecule has 5 nitrogen and oxygen atoms in total. The number of carbonyl (C=O) groups is 2. The summed E-state index contributed by atoms with van der Waals surface area (Å²) in [5, 5.41) is 3.48. The average Bonchev–Trinajstić information content (AvgIpc) is 2.56. The van der Waals surface area contributed by atoms with Crippen LogP contribution in [0, 0.1) is 3.57 Å². The van der Waals surface area contributed by atoms with E-state index in [-0.39, 0.29) is 17.6 Å². The highest BCUT2D eigenvalue weighted by Gasteiger charge is 2.08. The van der Waals surface area contributed by atoms with E-state index in [0.29, 0.717) is 17.2 Å². The van der Waals surface area contributed by atoms with Crippen molar-refractivity contribution >= 4 is 51.9 Å². The van der Waals surface area contributed by atoms with E-state index in [0.717, 1.165) is 9.26 Å². The third kappa shape index (κ3) is 5.83. The lowest BCUT2D eigenvalue weighted by molar-refractivity contribution is -0.139. The monoisotopic (exact) mass is 442 g/mol.